The zero-order chi connectivity index (χ0) is 15.1. The molecule has 0 saturated carbocycles. The Morgan fingerprint density at radius 1 is 1.05 bits per heavy atom. The van der Waals surface area contributed by atoms with Crippen molar-refractivity contribution >= 4 is 21.8 Å². The van der Waals surface area contributed by atoms with Gasteiger partial charge in [-0.15, -0.1) is 0 Å². The molecule has 0 aliphatic rings. The molecule has 0 aliphatic carbocycles. The molecule has 6 heteroatoms. The number of aromatic nitrogens is 4. The lowest BCUT2D eigenvalue weighted by Gasteiger charge is -2.08. The normalized spacial score (nSPS) is 11.3. The van der Waals surface area contributed by atoms with Crippen molar-refractivity contribution in [1.29, 1.82) is 0 Å². The zero-order valence-corrected chi connectivity index (χ0v) is 11.5. The molecule has 1 aromatic carbocycles. The molecule has 4 aromatic rings. The van der Waals surface area contributed by atoms with Crippen molar-refractivity contribution in [2.24, 2.45) is 0 Å². The number of pyridine rings is 1. The summed E-state index contributed by atoms with van der Waals surface area (Å²) in [5.74, 6) is 0. The number of hydrogen-bond acceptors (Lipinski definition) is 3. The SMILES string of the molecule is O=c1ccn(Cc2nc3ccccc3c3cc[nH]c23)c(=O)[nH]1. The summed E-state index contributed by atoms with van der Waals surface area (Å²) in [5, 5.41) is 2.13. The maximum atomic E-state index is 11.9. The fourth-order valence-corrected chi connectivity index (χ4v) is 2.68. The first-order valence-corrected chi connectivity index (χ1v) is 6.87. The van der Waals surface area contributed by atoms with Crippen LogP contribution in [0.1, 0.15) is 5.69 Å². The van der Waals surface area contributed by atoms with Crippen molar-refractivity contribution in [1.82, 2.24) is 19.5 Å². The Bertz CT molecular complexity index is 1100. The van der Waals surface area contributed by atoms with Gasteiger partial charge in [0.25, 0.3) is 5.56 Å². The summed E-state index contributed by atoms with van der Waals surface area (Å²) in [6.07, 6.45) is 3.34. The number of H-pyrrole nitrogens is 2. The van der Waals surface area contributed by atoms with Crippen molar-refractivity contribution in [2.45, 2.75) is 6.54 Å². The van der Waals surface area contributed by atoms with Crippen LogP contribution in [-0.2, 0) is 6.54 Å². The Labute approximate surface area is 124 Å². The van der Waals surface area contributed by atoms with Gasteiger partial charge < -0.3 is 4.98 Å². The van der Waals surface area contributed by atoms with Gasteiger partial charge in [-0.3, -0.25) is 14.3 Å². The maximum absolute atomic E-state index is 11.9. The smallest absolute Gasteiger partial charge is 0.328 e. The van der Waals surface area contributed by atoms with Crippen molar-refractivity contribution in [3.05, 3.63) is 75.3 Å². The van der Waals surface area contributed by atoms with Crippen molar-refractivity contribution in [3.63, 3.8) is 0 Å². The number of fused-ring (bicyclic) bond motifs is 3. The van der Waals surface area contributed by atoms with E-state index in [9.17, 15) is 9.59 Å². The second-order valence-corrected chi connectivity index (χ2v) is 5.08. The third kappa shape index (κ3) is 1.93. The highest BCUT2D eigenvalue weighted by Crippen LogP contribution is 2.25. The van der Waals surface area contributed by atoms with Crippen LogP contribution in [0.25, 0.3) is 21.8 Å². The van der Waals surface area contributed by atoms with Crippen LogP contribution in [0.4, 0.5) is 0 Å². The molecule has 3 heterocycles. The molecule has 0 spiro atoms. The number of rotatable bonds is 2. The topological polar surface area (TPSA) is 83.5 Å². The van der Waals surface area contributed by atoms with E-state index in [1.165, 1.54) is 16.8 Å². The maximum Gasteiger partial charge on any atom is 0.328 e. The third-order valence-electron chi connectivity index (χ3n) is 3.70. The number of nitrogens with zero attached hydrogens (tertiary/aromatic N) is 2. The van der Waals surface area contributed by atoms with Crippen LogP contribution in [-0.4, -0.2) is 19.5 Å². The average molecular weight is 292 g/mol. The molecular formula is C16H12N4O2. The molecule has 22 heavy (non-hydrogen) atoms. The van der Waals surface area contributed by atoms with E-state index >= 15 is 0 Å². The summed E-state index contributed by atoms with van der Waals surface area (Å²) < 4.78 is 1.43. The second-order valence-electron chi connectivity index (χ2n) is 5.08. The summed E-state index contributed by atoms with van der Waals surface area (Å²) in [4.78, 5) is 33.1. The van der Waals surface area contributed by atoms with Crippen LogP contribution >= 0.6 is 0 Å². The summed E-state index contributed by atoms with van der Waals surface area (Å²) in [6, 6.07) is 11.2. The first-order valence-electron chi connectivity index (χ1n) is 6.87. The van der Waals surface area contributed by atoms with Crippen LogP contribution in [0.15, 0.2) is 58.4 Å². The van der Waals surface area contributed by atoms with Gasteiger partial charge >= 0.3 is 5.69 Å². The van der Waals surface area contributed by atoms with E-state index in [1.807, 2.05) is 36.5 Å². The van der Waals surface area contributed by atoms with Gasteiger partial charge in [-0.2, -0.15) is 0 Å². The van der Waals surface area contributed by atoms with Gasteiger partial charge in [-0.1, -0.05) is 18.2 Å². The molecule has 4 rings (SSSR count). The van der Waals surface area contributed by atoms with Gasteiger partial charge in [0.15, 0.2) is 0 Å². The van der Waals surface area contributed by atoms with Crippen molar-refractivity contribution in [3.8, 4) is 0 Å². The van der Waals surface area contributed by atoms with Gasteiger partial charge in [0.1, 0.15) is 0 Å². The van der Waals surface area contributed by atoms with Crippen LogP contribution in [0.5, 0.6) is 0 Å². The predicted octanol–water partition coefficient (Wildman–Crippen LogP) is 1.61. The third-order valence-corrected chi connectivity index (χ3v) is 3.70. The molecule has 0 fully saturated rings. The highest BCUT2D eigenvalue weighted by molar-refractivity contribution is 6.05. The molecule has 3 aromatic heterocycles. The number of hydrogen-bond donors (Lipinski definition) is 2. The Morgan fingerprint density at radius 2 is 1.91 bits per heavy atom. The first kappa shape index (κ1) is 12.6. The lowest BCUT2D eigenvalue weighted by molar-refractivity contribution is 0.711. The number of aromatic amines is 2. The van der Waals surface area contributed by atoms with E-state index in [0.717, 1.165) is 27.5 Å². The molecule has 6 nitrogen and oxygen atoms in total. The number of para-hydroxylation sites is 1. The van der Waals surface area contributed by atoms with E-state index in [-0.39, 0.29) is 6.54 Å². The lowest BCUT2D eigenvalue weighted by Crippen LogP contribution is -2.29. The van der Waals surface area contributed by atoms with Crippen LogP contribution < -0.4 is 11.2 Å². The first-order chi connectivity index (χ1) is 10.7. The molecule has 0 atom stereocenters. The van der Waals surface area contributed by atoms with E-state index in [1.54, 1.807) is 0 Å². The van der Waals surface area contributed by atoms with Crippen LogP contribution in [0.2, 0.25) is 0 Å². The van der Waals surface area contributed by atoms with Crippen molar-refractivity contribution in [2.75, 3.05) is 0 Å². The van der Waals surface area contributed by atoms with Crippen LogP contribution in [0, 0.1) is 0 Å². The Kier molecular flexibility index (Phi) is 2.69. The van der Waals surface area contributed by atoms with Crippen molar-refractivity contribution < 1.29 is 0 Å². The monoisotopic (exact) mass is 292 g/mol. The summed E-state index contributed by atoms with van der Waals surface area (Å²) >= 11 is 0. The second kappa shape index (κ2) is 4.70. The quantitative estimate of drug-likeness (QED) is 0.589. The largest absolute Gasteiger partial charge is 0.360 e. The van der Waals surface area contributed by atoms with E-state index in [2.05, 4.69) is 15.0 Å². The minimum absolute atomic E-state index is 0.289. The summed E-state index contributed by atoms with van der Waals surface area (Å²) in [7, 11) is 0. The number of benzene rings is 1. The zero-order valence-electron chi connectivity index (χ0n) is 11.5. The van der Waals surface area contributed by atoms with Gasteiger partial charge in [-0.25, -0.2) is 9.78 Å². The Morgan fingerprint density at radius 3 is 2.77 bits per heavy atom. The molecular weight excluding hydrogens is 280 g/mol. The summed E-state index contributed by atoms with van der Waals surface area (Å²) in [5.41, 5.74) is 1.69. The minimum atomic E-state index is -0.442. The summed E-state index contributed by atoms with van der Waals surface area (Å²) in [6.45, 7) is 0.289. The van der Waals surface area contributed by atoms with Gasteiger partial charge in [0, 0.05) is 29.2 Å². The van der Waals surface area contributed by atoms with Gasteiger partial charge in [0.05, 0.1) is 23.3 Å². The molecule has 0 saturated heterocycles. The van der Waals surface area contributed by atoms with E-state index in [0.29, 0.717) is 0 Å². The molecule has 0 amide bonds. The molecule has 0 unspecified atom stereocenters. The highest BCUT2D eigenvalue weighted by atomic mass is 16.2. The molecule has 108 valence electrons. The van der Waals surface area contributed by atoms with Gasteiger partial charge in [0.2, 0.25) is 0 Å². The highest BCUT2D eigenvalue weighted by Gasteiger charge is 2.10. The van der Waals surface area contributed by atoms with Crippen LogP contribution in [0.3, 0.4) is 0 Å². The molecule has 0 radical (unpaired) electrons. The van der Waals surface area contributed by atoms with Gasteiger partial charge in [-0.05, 0) is 12.1 Å². The standard InChI is InChI=1S/C16H12N4O2/c21-14-6-8-20(16(22)19-14)9-13-15-11(5-7-17-15)10-3-1-2-4-12(10)18-13/h1-8,17H,9H2,(H,19,21,22). The molecule has 0 bridgehead atoms. The average Bonchev–Trinajstić information content (AvgIpc) is 3.00. The van der Waals surface area contributed by atoms with E-state index < -0.39 is 11.2 Å². The van der Waals surface area contributed by atoms with E-state index in [4.69, 9.17) is 0 Å². The Balaban J connectivity index is 1.95. The number of nitrogens with one attached hydrogen (secondary N) is 2. The predicted molar refractivity (Wildman–Crippen MR) is 84.0 cm³/mol. The fourth-order valence-electron chi connectivity index (χ4n) is 2.68. The lowest BCUT2D eigenvalue weighted by atomic mass is 10.1. The fraction of sp³-hybridized carbons (Fsp3) is 0.0625. The molecule has 2 N–H and O–H groups in total. The Hall–Kier alpha value is -3.15. The minimum Gasteiger partial charge on any atom is -0.360 e. The molecule has 0 aliphatic heterocycles.